The number of hydrogen-bond acceptors (Lipinski definition) is 6. The second-order valence-electron chi connectivity index (χ2n) is 8.24. The van der Waals surface area contributed by atoms with Crippen LogP contribution in [-0.2, 0) is 0 Å². The molecule has 1 aliphatic carbocycles. The highest BCUT2D eigenvalue weighted by atomic mass is 19.1. The minimum absolute atomic E-state index is 0.0350. The van der Waals surface area contributed by atoms with Crippen LogP contribution in [0.25, 0.3) is 23.0 Å². The minimum atomic E-state index is -0.405. The number of aliphatic imine (C=N–C) groups is 1. The van der Waals surface area contributed by atoms with Gasteiger partial charge < -0.3 is 10.6 Å². The largest absolute Gasteiger partial charge is 0.403 e. The molecule has 10 heteroatoms. The first-order valence-electron chi connectivity index (χ1n) is 11.1. The van der Waals surface area contributed by atoms with Crippen molar-refractivity contribution in [1.82, 2.24) is 34.2 Å². The van der Waals surface area contributed by atoms with E-state index in [1.54, 1.807) is 29.2 Å². The zero-order valence-electron chi connectivity index (χ0n) is 18.7. The number of nitrogens with zero attached hydrogens (tertiary/aromatic N) is 8. The highest BCUT2D eigenvalue weighted by molar-refractivity contribution is 6.19. The van der Waals surface area contributed by atoms with Gasteiger partial charge in [-0.15, -0.1) is 10.2 Å². The Morgan fingerprint density at radius 1 is 1.30 bits per heavy atom. The van der Waals surface area contributed by atoms with Crippen LogP contribution < -0.4 is 5.73 Å². The first-order chi connectivity index (χ1) is 16.0. The van der Waals surface area contributed by atoms with E-state index in [1.165, 1.54) is 18.7 Å². The average Bonchev–Trinajstić information content (AvgIpc) is 3.41. The van der Waals surface area contributed by atoms with Gasteiger partial charge in [-0.05, 0) is 44.7 Å². The van der Waals surface area contributed by atoms with Crippen molar-refractivity contribution in [2.24, 2.45) is 10.7 Å². The molecule has 0 radical (unpaired) electrons. The van der Waals surface area contributed by atoms with E-state index in [-0.39, 0.29) is 6.04 Å². The monoisotopic (exact) mass is 447 g/mol. The molecule has 3 aromatic rings. The summed E-state index contributed by atoms with van der Waals surface area (Å²) in [6, 6.07) is 3.32. The van der Waals surface area contributed by atoms with Crippen LogP contribution in [0.3, 0.4) is 0 Å². The van der Waals surface area contributed by atoms with Gasteiger partial charge in [0.25, 0.3) is 0 Å². The van der Waals surface area contributed by atoms with E-state index in [0.29, 0.717) is 23.4 Å². The normalized spacial score (nSPS) is 20.8. The molecule has 0 aromatic carbocycles. The van der Waals surface area contributed by atoms with Gasteiger partial charge in [0.1, 0.15) is 28.9 Å². The van der Waals surface area contributed by atoms with Crippen LogP contribution >= 0.6 is 0 Å². The van der Waals surface area contributed by atoms with Crippen LogP contribution in [-0.4, -0.2) is 46.1 Å². The van der Waals surface area contributed by atoms with E-state index < -0.39 is 5.82 Å². The molecule has 2 N–H and O–H groups in total. The van der Waals surface area contributed by atoms with E-state index in [1.807, 2.05) is 11.5 Å². The Bertz CT molecular complexity index is 1250. The Labute approximate surface area is 191 Å². The second-order valence-corrected chi connectivity index (χ2v) is 8.24. The van der Waals surface area contributed by atoms with Crippen LogP contribution in [0, 0.1) is 12.7 Å². The molecule has 170 valence electrons. The molecule has 0 amide bonds. The summed E-state index contributed by atoms with van der Waals surface area (Å²) in [4.78, 5) is 15.9. The van der Waals surface area contributed by atoms with Crippen LogP contribution in [0.4, 0.5) is 4.39 Å². The molecular weight excluding hydrogens is 421 g/mol. The molecule has 0 bridgehead atoms. The second kappa shape index (κ2) is 8.27. The van der Waals surface area contributed by atoms with E-state index >= 15 is 0 Å². The van der Waals surface area contributed by atoms with Gasteiger partial charge >= 0.3 is 0 Å². The SMILES string of the molecule is C=C(N=C1/C(=C\N)n2c(C)nnc2[C@@H](CC)N1C1CCC1)n1ccnc1-c1ccc(F)cn1. The third-order valence-corrected chi connectivity index (χ3v) is 6.32. The van der Waals surface area contributed by atoms with Gasteiger partial charge in [-0.25, -0.2) is 19.4 Å². The summed E-state index contributed by atoms with van der Waals surface area (Å²) < 4.78 is 17.1. The van der Waals surface area contributed by atoms with Crippen molar-refractivity contribution in [2.45, 2.75) is 51.6 Å². The smallest absolute Gasteiger partial charge is 0.164 e. The van der Waals surface area contributed by atoms with Crippen molar-refractivity contribution in [3.8, 4) is 11.5 Å². The fourth-order valence-electron chi connectivity index (χ4n) is 4.52. The number of aromatic nitrogens is 6. The van der Waals surface area contributed by atoms with E-state index in [9.17, 15) is 4.39 Å². The summed E-state index contributed by atoms with van der Waals surface area (Å²) in [5.74, 6) is 2.95. The number of fused-ring (bicyclic) bond motifs is 1. The summed E-state index contributed by atoms with van der Waals surface area (Å²) in [5.41, 5.74) is 7.39. The number of nitrogens with two attached hydrogens (primary N) is 1. The standard InChI is InChI=1S/C23H26FN9/c1-4-19-23-30-29-15(3)32(23)20(12-25)22(33(19)17-6-5-7-17)28-14(2)31-11-10-26-21(31)18-9-8-16(24)13-27-18/h8-13,17,19H,2,4-7,25H2,1,3H3/b20-12+,28-22?/t19-/m1/s1. The summed E-state index contributed by atoms with van der Waals surface area (Å²) in [6.07, 6.45) is 10.3. The van der Waals surface area contributed by atoms with E-state index in [4.69, 9.17) is 10.7 Å². The third-order valence-electron chi connectivity index (χ3n) is 6.32. The summed E-state index contributed by atoms with van der Waals surface area (Å²) >= 11 is 0. The lowest BCUT2D eigenvalue weighted by Crippen LogP contribution is -2.50. The number of aryl methyl sites for hydroxylation is 1. The Morgan fingerprint density at radius 3 is 2.76 bits per heavy atom. The molecule has 5 rings (SSSR count). The lowest BCUT2D eigenvalue weighted by Gasteiger charge is -2.47. The first-order valence-corrected chi connectivity index (χ1v) is 11.1. The van der Waals surface area contributed by atoms with Crippen LogP contribution in [0.2, 0.25) is 0 Å². The molecule has 1 aliphatic heterocycles. The number of imidazole rings is 1. The molecule has 1 atom stereocenters. The van der Waals surface area contributed by atoms with Crippen molar-refractivity contribution >= 4 is 17.4 Å². The highest BCUT2D eigenvalue weighted by Gasteiger charge is 2.41. The van der Waals surface area contributed by atoms with Gasteiger partial charge in [0.05, 0.1) is 12.2 Å². The molecule has 2 aliphatic rings. The molecule has 1 fully saturated rings. The quantitative estimate of drug-likeness (QED) is 0.641. The first kappa shape index (κ1) is 21.0. The highest BCUT2D eigenvalue weighted by Crippen LogP contribution is 2.40. The Morgan fingerprint density at radius 2 is 2.12 bits per heavy atom. The van der Waals surface area contributed by atoms with E-state index in [0.717, 1.165) is 42.4 Å². The Balaban J connectivity index is 1.62. The fraction of sp³-hybridized carbons (Fsp3) is 0.348. The average molecular weight is 448 g/mol. The number of hydrogen-bond donors (Lipinski definition) is 1. The van der Waals surface area contributed by atoms with Crippen LogP contribution in [0.5, 0.6) is 0 Å². The summed E-state index contributed by atoms with van der Waals surface area (Å²) in [5, 5.41) is 8.78. The maximum absolute atomic E-state index is 13.4. The maximum Gasteiger partial charge on any atom is 0.164 e. The lowest BCUT2D eigenvalue weighted by molar-refractivity contribution is 0.147. The summed E-state index contributed by atoms with van der Waals surface area (Å²) in [7, 11) is 0. The molecule has 3 aromatic heterocycles. The molecule has 9 nitrogen and oxygen atoms in total. The van der Waals surface area contributed by atoms with Gasteiger partial charge in [0.2, 0.25) is 0 Å². The third kappa shape index (κ3) is 3.42. The molecular formula is C23H26FN9. The molecule has 0 saturated heterocycles. The van der Waals surface area contributed by atoms with Gasteiger partial charge in [-0.1, -0.05) is 13.5 Å². The lowest BCUT2D eigenvalue weighted by atomic mass is 9.88. The van der Waals surface area contributed by atoms with Crippen molar-refractivity contribution in [2.75, 3.05) is 0 Å². The topological polar surface area (TPSA) is 103 Å². The van der Waals surface area contributed by atoms with Crippen LogP contribution in [0.1, 0.15) is 50.3 Å². The van der Waals surface area contributed by atoms with E-state index in [2.05, 4.69) is 38.6 Å². The molecule has 0 unspecified atom stereocenters. The number of halogens is 1. The Hall–Kier alpha value is -3.82. The molecule has 1 saturated carbocycles. The van der Waals surface area contributed by atoms with Gasteiger partial charge in [0, 0.05) is 24.6 Å². The van der Waals surface area contributed by atoms with Crippen molar-refractivity contribution in [1.29, 1.82) is 0 Å². The number of pyridine rings is 1. The maximum atomic E-state index is 13.4. The fourth-order valence-corrected chi connectivity index (χ4v) is 4.52. The zero-order valence-corrected chi connectivity index (χ0v) is 18.7. The van der Waals surface area contributed by atoms with Gasteiger partial charge in [-0.3, -0.25) is 9.13 Å². The molecule has 33 heavy (non-hydrogen) atoms. The minimum Gasteiger partial charge on any atom is -0.403 e. The predicted octanol–water partition coefficient (Wildman–Crippen LogP) is 3.59. The zero-order chi connectivity index (χ0) is 23.1. The molecule has 0 spiro atoms. The molecule has 4 heterocycles. The van der Waals surface area contributed by atoms with Crippen molar-refractivity contribution in [3.63, 3.8) is 0 Å². The summed E-state index contributed by atoms with van der Waals surface area (Å²) in [6.45, 7) is 8.27. The van der Waals surface area contributed by atoms with Gasteiger partial charge in [0.15, 0.2) is 17.5 Å². The number of rotatable bonds is 5. The number of amidine groups is 1. The van der Waals surface area contributed by atoms with Crippen LogP contribution in [0.15, 0.2) is 48.5 Å². The van der Waals surface area contributed by atoms with Gasteiger partial charge in [-0.2, -0.15) is 0 Å². The Kier molecular flexibility index (Phi) is 5.27. The van der Waals surface area contributed by atoms with Crippen molar-refractivity contribution < 1.29 is 4.39 Å². The predicted molar refractivity (Wildman–Crippen MR) is 124 cm³/mol. The van der Waals surface area contributed by atoms with Crippen molar-refractivity contribution in [3.05, 3.63) is 61.0 Å².